The van der Waals surface area contributed by atoms with E-state index in [0.717, 1.165) is 31.2 Å². The van der Waals surface area contributed by atoms with E-state index in [2.05, 4.69) is 22.4 Å². The average molecular weight is 410 g/mol. The normalized spacial score (nSPS) is 14.5. The van der Waals surface area contributed by atoms with Crippen LogP contribution < -0.4 is 5.32 Å². The third-order valence-corrected chi connectivity index (χ3v) is 5.47. The topological polar surface area (TPSA) is 71.5 Å². The molecule has 1 saturated heterocycles. The molecule has 2 heterocycles. The lowest BCUT2D eigenvalue weighted by molar-refractivity contribution is -0.135. The van der Waals surface area contributed by atoms with Crippen molar-refractivity contribution in [1.82, 2.24) is 15.2 Å². The van der Waals surface area contributed by atoms with Crippen molar-refractivity contribution in [3.63, 3.8) is 0 Å². The first-order valence-electron chi connectivity index (χ1n) is 10.8. The van der Waals surface area contributed by atoms with E-state index in [0.29, 0.717) is 39.3 Å². The van der Waals surface area contributed by atoms with Gasteiger partial charge in [-0.1, -0.05) is 36.4 Å². The van der Waals surface area contributed by atoms with Gasteiger partial charge in [0.25, 0.3) is 0 Å². The molecule has 0 aliphatic carbocycles. The van der Waals surface area contributed by atoms with Crippen LogP contribution in [0.5, 0.6) is 0 Å². The highest BCUT2D eigenvalue weighted by molar-refractivity contribution is 5.80. The first kappa shape index (κ1) is 22.0. The Bertz CT molecular complexity index is 775. The number of aromatic nitrogens is 1. The Morgan fingerprint density at radius 3 is 2.53 bits per heavy atom. The molecule has 6 heteroatoms. The van der Waals surface area contributed by atoms with Gasteiger partial charge in [-0.15, -0.1) is 0 Å². The zero-order valence-corrected chi connectivity index (χ0v) is 17.5. The molecule has 2 aromatic rings. The molecule has 1 N–H and O–H groups in total. The van der Waals surface area contributed by atoms with Gasteiger partial charge in [-0.3, -0.25) is 14.6 Å². The Labute approximate surface area is 178 Å². The van der Waals surface area contributed by atoms with Crippen molar-refractivity contribution in [3.8, 4) is 0 Å². The van der Waals surface area contributed by atoms with Crippen molar-refractivity contribution in [2.45, 2.75) is 38.6 Å². The second-order valence-corrected chi connectivity index (χ2v) is 7.69. The fourth-order valence-corrected chi connectivity index (χ4v) is 3.65. The molecule has 30 heavy (non-hydrogen) atoms. The molecule has 1 aromatic carbocycles. The zero-order valence-electron chi connectivity index (χ0n) is 17.5. The van der Waals surface area contributed by atoms with Crippen molar-refractivity contribution in [1.29, 1.82) is 0 Å². The van der Waals surface area contributed by atoms with Crippen LogP contribution in [0.15, 0.2) is 54.9 Å². The number of rotatable bonds is 10. The molecule has 1 aromatic heterocycles. The Kier molecular flexibility index (Phi) is 8.84. The van der Waals surface area contributed by atoms with Crippen molar-refractivity contribution >= 4 is 11.8 Å². The molecule has 1 aliphatic rings. The van der Waals surface area contributed by atoms with E-state index >= 15 is 0 Å². The van der Waals surface area contributed by atoms with E-state index in [1.54, 1.807) is 12.4 Å². The second-order valence-electron chi connectivity index (χ2n) is 7.69. The van der Waals surface area contributed by atoms with E-state index in [4.69, 9.17) is 4.74 Å². The lowest BCUT2D eigenvalue weighted by Crippen LogP contribution is -2.42. The van der Waals surface area contributed by atoms with E-state index in [1.807, 2.05) is 35.2 Å². The van der Waals surface area contributed by atoms with E-state index in [-0.39, 0.29) is 17.7 Å². The largest absolute Gasteiger partial charge is 0.381 e. The molecule has 2 amide bonds. The van der Waals surface area contributed by atoms with Crippen molar-refractivity contribution in [2.24, 2.45) is 5.92 Å². The summed E-state index contributed by atoms with van der Waals surface area (Å²) in [6, 6.07) is 14.1. The van der Waals surface area contributed by atoms with Crippen LogP contribution in [0.4, 0.5) is 0 Å². The fourth-order valence-electron chi connectivity index (χ4n) is 3.65. The lowest BCUT2D eigenvalue weighted by Gasteiger charge is -2.31. The van der Waals surface area contributed by atoms with Crippen LogP contribution in [-0.2, 0) is 27.3 Å². The molecule has 3 rings (SSSR count). The Balaban J connectivity index is 1.25. The lowest BCUT2D eigenvalue weighted by atomic mass is 9.95. The predicted molar refractivity (Wildman–Crippen MR) is 116 cm³/mol. The van der Waals surface area contributed by atoms with Gasteiger partial charge in [0.1, 0.15) is 0 Å². The monoisotopic (exact) mass is 409 g/mol. The highest BCUT2D eigenvalue weighted by Gasteiger charge is 2.26. The first-order valence-corrected chi connectivity index (χ1v) is 10.8. The molecule has 0 spiro atoms. The molecule has 1 fully saturated rings. The van der Waals surface area contributed by atoms with Gasteiger partial charge in [0.05, 0.1) is 6.61 Å². The summed E-state index contributed by atoms with van der Waals surface area (Å²) in [7, 11) is 0. The zero-order chi connectivity index (χ0) is 21.0. The molecule has 0 radical (unpaired) electrons. The number of ether oxygens (including phenoxy) is 1. The summed E-state index contributed by atoms with van der Waals surface area (Å²) in [5.41, 5.74) is 2.25. The first-order chi connectivity index (χ1) is 14.7. The van der Waals surface area contributed by atoms with Crippen molar-refractivity contribution in [3.05, 3.63) is 66.0 Å². The summed E-state index contributed by atoms with van der Waals surface area (Å²) in [5, 5.41) is 2.98. The van der Waals surface area contributed by atoms with Gasteiger partial charge in [0.15, 0.2) is 0 Å². The van der Waals surface area contributed by atoms with Gasteiger partial charge in [-0.05, 0) is 42.9 Å². The predicted octanol–water partition coefficient (Wildman–Crippen LogP) is 2.98. The Hall–Kier alpha value is -2.73. The number of amides is 2. The summed E-state index contributed by atoms with van der Waals surface area (Å²) in [5.74, 6) is 0.209. The fraction of sp³-hybridized carbons (Fsp3) is 0.458. The summed E-state index contributed by atoms with van der Waals surface area (Å²) >= 11 is 0. The number of nitrogens with zero attached hydrogens (tertiary/aromatic N) is 2. The van der Waals surface area contributed by atoms with Crippen molar-refractivity contribution in [2.75, 3.05) is 26.3 Å². The van der Waals surface area contributed by atoms with Gasteiger partial charge in [0.2, 0.25) is 11.8 Å². The third kappa shape index (κ3) is 7.26. The van der Waals surface area contributed by atoms with Crippen LogP contribution in [0.2, 0.25) is 0 Å². The molecule has 1 aliphatic heterocycles. The van der Waals surface area contributed by atoms with E-state index < -0.39 is 0 Å². The van der Waals surface area contributed by atoms with E-state index in [9.17, 15) is 9.59 Å². The van der Waals surface area contributed by atoms with Crippen LogP contribution in [0.3, 0.4) is 0 Å². The second kappa shape index (κ2) is 12.1. The van der Waals surface area contributed by atoms with Gasteiger partial charge in [-0.2, -0.15) is 0 Å². The minimum Gasteiger partial charge on any atom is -0.381 e. The number of piperidine rings is 1. The summed E-state index contributed by atoms with van der Waals surface area (Å²) in [6.07, 6.45) is 7.05. The maximum Gasteiger partial charge on any atom is 0.223 e. The number of likely N-dealkylation sites (tertiary alicyclic amines) is 1. The minimum atomic E-state index is -0.0213. The third-order valence-electron chi connectivity index (χ3n) is 5.47. The molecule has 0 saturated carbocycles. The number of carbonyl (C=O) groups excluding carboxylic acids is 2. The van der Waals surface area contributed by atoms with Crippen LogP contribution in [-0.4, -0.2) is 48.0 Å². The molecule has 0 bridgehead atoms. The molecule has 0 unspecified atom stereocenters. The molecule has 0 atom stereocenters. The summed E-state index contributed by atoms with van der Waals surface area (Å²) in [6.45, 7) is 3.08. The number of carbonyl (C=O) groups is 2. The number of pyridine rings is 1. The summed E-state index contributed by atoms with van der Waals surface area (Å²) in [4.78, 5) is 30.7. The number of hydrogen-bond donors (Lipinski definition) is 1. The van der Waals surface area contributed by atoms with Crippen LogP contribution >= 0.6 is 0 Å². The number of benzene rings is 1. The standard InChI is InChI=1S/C24H31N3O3/c28-23(9-5-16-30-17-12-20-6-2-1-3-7-20)27-14-10-22(11-15-27)24(29)26-19-21-8-4-13-25-18-21/h1-4,6-8,13,18,22H,5,9-12,14-17,19H2,(H,26,29). The van der Waals surface area contributed by atoms with Gasteiger partial charge in [-0.25, -0.2) is 0 Å². The van der Waals surface area contributed by atoms with Gasteiger partial charge >= 0.3 is 0 Å². The van der Waals surface area contributed by atoms with Crippen LogP contribution in [0.1, 0.15) is 36.8 Å². The highest BCUT2D eigenvalue weighted by atomic mass is 16.5. The SMILES string of the molecule is O=C(NCc1cccnc1)C1CCN(C(=O)CCCOCCc2ccccc2)CC1. The Morgan fingerprint density at radius 1 is 1.03 bits per heavy atom. The Morgan fingerprint density at radius 2 is 1.80 bits per heavy atom. The van der Waals surface area contributed by atoms with Gasteiger partial charge < -0.3 is 15.0 Å². The van der Waals surface area contributed by atoms with Crippen molar-refractivity contribution < 1.29 is 14.3 Å². The van der Waals surface area contributed by atoms with Crippen LogP contribution in [0, 0.1) is 5.92 Å². The maximum atomic E-state index is 12.4. The van der Waals surface area contributed by atoms with Crippen LogP contribution in [0.25, 0.3) is 0 Å². The molecular weight excluding hydrogens is 378 g/mol. The van der Waals surface area contributed by atoms with E-state index in [1.165, 1.54) is 5.56 Å². The smallest absolute Gasteiger partial charge is 0.223 e. The quantitative estimate of drug-likeness (QED) is 0.613. The molecule has 6 nitrogen and oxygen atoms in total. The maximum absolute atomic E-state index is 12.4. The molecule has 160 valence electrons. The average Bonchev–Trinajstić information content (AvgIpc) is 2.81. The van der Waals surface area contributed by atoms with Gasteiger partial charge in [0, 0.05) is 51.0 Å². The summed E-state index contributed by atoms with van der Waals surface area (Å²) < 4.78 is 5.66. The minimum absolute atomic E-state index is 0.0213. The molecular formula is C24H31N3O3. The highest BCUT2D eigenvalue weighted by Crippen LogP contribution is 2.18. The number of nitrogens with one attached hydrogen (secondary N) is 1. The number of hydrogen-bond acceptors (Lipinski definition) is 4.